The molecule has 1 aliphatic heterocycles. The van der Waals surface area contributed by atoms with Crippen LogP contribution >= 0.6 is 11.8 Å². The Balaban J connectivity index is 1.62. The number of urea groups is 1. The molecule has 1 aliphatic rings. The topological polar surface area (TPSA) is 61.4 Å². The molecule has 1 saturated heterocycles. The summed E-state index contributed by atoms with van der Waals surface area (Å²) >= 11 is 1.58. The Morgan fingerprint density at radius 3 is 2.40 bits per heavy atom. The van der Waals surface area contributed by atoms with Crippen molar-refractivity contribution in [2.75, 3.05) is 16.9 Å². The average Bonchev–Trinajstić information content (AvgIpc) is 3.13. The number of hydrogen-bond acceptors (Lipinski definition) is 3. The van der Waals surface area contributed by atoms with E-state index < -0.39 is 6.04 Å². The fourth-order valence-electron chi connectivity index (χ4n) is 2.71. The van der Waals surface area contributed by atoms with Gasteiger partial charge in [0.1, 0.15) is 6.04 Å². The van der Waals surface area contributed by atoms with Gasteiger partial charge in [0.15, 0.2) is 0 Å². The highest BCUT2D eigenvalue weighted by Crippen LogP contribution is 2.23. The van der Waals surface area contributed by atoms with Crippen molar-refractivity contribution in [2.24, 2.45) is 0 Å². The normalized spacial score (nSPS) is 17.8. The maximum absolute atomic E-state index is 12.7. The second-order valence-corrected chi connectivity index (χ2v) is 6.92. The number of carbonyl (C=O) groups excluding carboxylic acids is 2. The van der Waals surface area contributed by atoms with Crippen LogP contribution in [-0.4, -0.2) is 34.5 Å². The lowest BCUT2D eigenvalue weighted by molar-refractivity contribution is -0.124. The molecule has 6 heteroatoms. The predicted molar refractivity (Wildman–Crippen MR) is 101 cm³/mol. The lowest BCUT2D eigenvalue weighted by Crippen LogP contribution is -2.49. The van der Waals surface area contributed by atoms with Crippen LogP contribution in [0.1, 0.15) is 18.5 Å². The predicted octanol–water partition coefficient (Wildman–Crippen LogP) is 3.47. The van der Waals surface area contributed by atoms with E-state index in [0.29, 0.717) is 11.6 Å². The lowest BCUT2D eigenvalue weighted by Gasteiger charge is -2.25. The Labute approximate surface area is 151 Å². The molecule has 0 aliphatic carbocycles. The molecule has 1 heterocycles. The van der Waals surface area contributed by atoms with Crippen LogP contribution in [-0.2, 0) is 4.79 Å². The van der Waals surface area contributed by atoms with E-state index >= 15 is 0 Å². The van der Waals surface area contributed by atoms with Crippen LogP contribution in [0.15, 0.2) is 60.7 Å². The summed E-state index contributed by atoms with van der Waals surface area (Å²) in [6.07, 6.45) is 0. The maximum Gasteiger partial charge on any atom is 0.323 e. The summed E-state index contributed by atoms with van der Waals surface area (Å²) in [5.74, 6) is 0.996. The van der Waals surface area contributed by atoms with Gasteiger partial charge in [-0.25, -0.2) is 4.79 Å². The summed E-state index contributed by atoms with van der Waals surface area (Å²) in [4.78, 5) is 26.7. The summed E-state index contributed by atoms with van der Waals surface area (Å²) < 4.78 is 0. The Morgan fingerprint density at radius 1 is 1.08 bits per heavy atom. The zero-order chi connectivity index (χ0) is 17.6. The van der Waals surface area contributed by atoms with E-state index in [1.165, 1.54) is 0 Å². The number of benzene rings is 2. The van der Waals surface area contributed by atoms with Crippen LogP contribution in [0.3, 0.4) is 0 Å². The van der Waals surface area contributed by atoms with Gasteiger partial charge >= 0.3 is 6.03 Å². The summed E-state index contributed by atoms with van der Waals surface area (Å²) in [7, 11) is 0. The fraction of sp³-hybridized carbons (Fsp3) is 0.263. The molecule has 0 aromatic heterocycles. The van der Waals surface area contributed by atoms with Crippen molar-refractivity contribution in [3.8, 4) is 0 Å². The average molecular weight is 355 g/mol. The van der Waals surface area contributed by atoms with Gasteiger partial charge in [-0.2, -0.15) is 0 Å². The van der Waals surface area contributed by atoms with E-state index in [9.17, 15) is 9.59 Å². The zero-order valence-corrected chi connectivity index (χ0v) is 14.8. The molecule has 2 atom stereocenters. The molecular weight excluding hydrogens is 334 g/mol. The third-order valence-electron chi connectivity index (χ3n) is 4.13. The van der Waals surface area contributed by atoms with E-state index in [2.05, 4.69) is 10.6 Å². The Hall–Kier alpha value is -2.47. The van der Waals surface area contributed by atoms with E-state index in [0.717, 1.165) is 11.3 Å². The molecule has 0 bridgehead atoms. The molecule has 0 radical (unpaired) electrons. The largest absolute Gasteiger partial charge is 0.348 e. The highest BCUT2D eigenvalue weighted by atomic mass is 32.2. The molecule has 1 unspecified atom stereocenters. The minimum absolute atomic E-state index is 0.0988. The molecular formula is C19H21N3O2S. The van der Waals surface area contributed by atoms with E-state index in [1.807, 2.05) is 67.6 Å². The number of hydrogen-bond donors (Lipinski definition) is 2. The minimum atomic E-state index is -0.458. The molecule has 2 N–H and O–H groups in total. The first-order valence-electron chi connectivity index (χ1n) is 8.21. The smallest absolute Gasteiger partial charge is 0.323 e. The number of nitrogens with one attached hydrogen (secondary N) is 2. The van der Waals surface area contributed by atoms with Crippen LogP contribution in [0, 0.1) is 0 Å². The van der Waals surface area contributed by atoms with Crippen LogP contribution in [0.5, 0.6) is 0 Å². The number of anilines is 1. The van der Waals surface area contributed by atoms with Crippen molar-refractivity contribution in [3.05, 3.63) is 66.2 Å². The molecule has 2 aromatic rings. The maximum atomic E-state index is 12.7. The third kappa shape index (κ3) is 4.33. The molecule has 0 spiro atoms. The van der Waals surface area contributed by atoms with Crippen molar-refractivity contribution in [2.45, 2.75) is 19.0 Å². The van der Waals surface area contributed by atoms with Gasteiger partial charge in [-0.05, 0) is 24.6 Å². The number of rotatable bonds is 4. The van der Waals surface area contributed by atoms with Crippen molar-refractivity contribution in [3.63, 3.8) is 0 Å². The van der Waals surface area contributed by atoms with E-state index in [-0.39, 0.29) is 18.0 Å². The van der Waals surface area contributed by atoms with Crippen molar-refractivity contribution in [1.29, 1.82) is 0 Å². The minimum Gasteiger partial charge on any atom is -0.348 e. The first-order valence-corrected chi connectivity index (χ1v) is 9.36. The lowest BCUT2D eigenvalue weighted by atomic mass is 10.1. The van der Waals surface area contributed by atoms with Gasteiger partial charge in [-0.15, -0.1) is 11.8 Å². The third-order valence-corrected chi connectivity index (χ3v) is 5.14. The van der Waals surface area contributed by atoms with Crippen LogP contribution in [0.4, 0.5) is 10.5 Å². The summed E-state index contributed by atoms with van der Waals surface area (Å²) in [6.45, 7) is 1.95. The van der Waals surface area contributed by atoms with Crippen molar-refractivity contribution >= 4 is 29.4 Å². The number of amides is 3. The van der Waals surface area contributed by atoms with Crippen molar-refractivity contribution < 1.29 is 9.59 Å². The highest BCUT2D eigenvalue weighted by Gasteiger charge is 2.35. The van der Waals surface area contributed by atoms with Crippen LogP contribution < -0.4 is 10.6 Å². The van der Waals surface area contributed by atoms with Crippen LogP contribution in [0.25, 0.3) is 0 Å². The van der Waals surface area contributed by atoms with E-state index in [4.69, 9.17) is 0 Å². The van der Waals surface area contributed by atoms with Crippen molar-refractivity contribution in [1.82, 2.24) is 10.2 Å². The van der Waals surface area contributed by atoms with Gasteiger partial charge in [0.05, 0.1) is 11.9 Å². The van der Waals surface area contributed by atoms with Gasteiger partial charge in [0, 0.05) is 11.4 Å². The number of para-hydroxylation sites is 1. The van der Waals surface area contributed by atoms with Crippen LogP contribution in [0.2, 0.25) is 0 Å². The summed E-state index contributed by atoms with van der Waals surface area (Å²) in [5, 5.41) is 5.86. The molecule has 5 nitrogen and oxygen atoms in total. The second-order valence-electron chi connectivity index (χ2n) is 5.92. The SMILES string of the molecule is CC(NC(=O)[C@@H]1CSCN1C(=O)Nc1ccccc1)c1ccccc1. The molecule has 0 saturated carbocycles. The fourth-order valence-corrected chi connectivity index (χ4v) is 3.87. The molecule has 2 aromatic carbocycles. The first kappa shape index (κ1) is 17.4. The Kier molecular flexibility index (Phi) is 5.60. The van der Waals surface area contributed by atoms with Gasteiger partial charge in [0.25, 0.3) is 0 Å². The molecule has 130 valence electrons. The quantitative estimate of drug-likeness (QED) is 0.883. The second kappa shape index (κ2) is 8.07. The van der Waals surface area contributed by atoms with Gasteiger partial charge in [-0.3, -0.25) is 4.79 Å². The number of thioether (sulfide) groups is 1. The highest BCUT2D eigenvalue weighted by molar-refractivity contribution is 7.99. The zero-order valence-electron chi connectivity index (χ0n) is 14.0. The number of nitrogens with zero attached hydrogens (tertiary/aromatic N) is 1. The Bertz CT molecular complexity index is 724. The van der Waals surface area contributed by atoms with E-state index in [1.54, 1.807) is 16.7 Å². The molecule has 3 amide bonds. The summed E-state index contributed by atoms with van der Waals surface area (Å²) in [6, 6.07) is 18.3. The monoisotopic (exact) mass is 355 g/mol. The Morgan fingerprint density at radius 2 is 1.72 bits per heavy atom. The first-order chi connectivity index (χ1) is 12.1. The molecule has 25 heavy (non-hydrogen) atoms. The van der Waals surface area contributed by atoms with Gasteiger partial charge < -0.3 is 15.5 Å². The molecule has 3 rings (SSSR count). The summed E-state index contributed by atoms with van der Waals surface area (Å²) in [5.41, 5.74) is 1.77. The van der Waals surface area contributed by atoms with Gasteiger partial charge in [0.2, 0.25) is 5.91 Å². The molecule has 1 fully saturated rings. The van der Waals surface area contributed by atoms with Gasteiger partial charge in [-0.1, -0.05) is 48.5 Å². The number of carbonyl (C=O) groups is 2. The standard InChI is InChI=1S/C19H21N3O2S/c1-14(15-8-4-2-5-9-15)20-18(23)17-12-25-13-22(17)19(24)21-16-10-6-3-7-11-16/h2-11,14,17H,12-13H2,1H3,(H,20,23)(H,21,24)/t14?,17-/m0/s1.